The summed E-state index contributed by atoms with van der Waals surface area (Å²) in [5.74, 6) is 1.45. The van der Waals surface area contributed by atoms with E-state index >= 15 is 0 Å². The summed E-state index contributed by atoms with van der Waals surface area (Å²) in [7, 11) is 1.98. The molecule has 0 bridgehead atoms. The second-order valence-corrected chi connectivity index (χ2v) is 11.9. The number of benzene rings is 1. The van der Waals surface area contributed by atoms with E-state index < -0.39 is 0 Å². The molecule has 0 saturated heterocycles. The molecule has 0 amide bonds. The summed E-state index contributed by atoms with van der Waals surface area (Å²) in [5.41, 5.74) is 5.07. The molecule has 0 spiro atoms. The van der Waals surface area contributed by atoms with Gasteiger partial charge in [0.25, 0.3) is 0 Å². The van der Waals surface area contributed by atoms with Gasteiger partial charge in [-0.25, -0.2) is 0 Å². The number of nitrogens with one attached hydrogen (secondary N) is 6. The molecule has 1 heterocycles. The Labute approximate surface area is 245 Å². The van der Waals surface area contributed by atoms with Crippen LogP contribution in [0.15, 0.2) is 30.6 Å². The van der Waals surface area contributed by atoms with E-state index in [1.807, 2.05) is 17.9 Å². The molecule has 0 aliphatic rings. The Morgan fingerprint density at radius 1 is 0.575 bits per heavy atom. The minimum atomic E-state index is 0.723. The molecule has 0 aliphatic carbocycles. The number of nitrogens with zero attached hydrogens (tertiary/aromatic N) is 2. The SMILES string of the molecule is CC(C)CNCCCNCCCNCc1cc(CNCCCNCCCNCC(C)C)cc(-c2cnn(C)c2)c1. The van der Waals surface area contributed by atoms with Crippen molar-refractivity contribution >= 4 is 0 Å². The predicted molar refractivity (Wildman–Crippen MR) is 172 cm³/mol. The lowest BCUT2D eigenvalue weighted by Gasteiger charge is -2.12. The molecule has 0 aliphatic heterocycles. The quantitative estimate of drug-likeness (QED) is 0.104. The van der Waals surface area contributed by atoms with Gasteiger partial charge in [-0.15, -0.1) is 0 Å². The van der Waals surface area contributed by atoms with Crippen molar-refractivity contribution in [1.29, 1.82) is 0 Å². The fraction of sp³-hybridized carbons (Fsp3) is 0.719. The van der Waals surface area contributed by atoms with Crippen LogP contribution in [0.25, 0.3) is 11.1 Å². The summed E-state index contributed by atoms with van der Waals surface area (Å²) >= 11 is 0. The molecule has 2 aromatic rings. The van der Waals surface area contributed by atoms with Crippen LogP contribution in [0.2, 0.25) is 0 Å². The molecule has 0 unspecified atom stereocenters. The Morgan fingerprint density at radius 3 is 1.40 bits per heavy atom. The van der Waals surface area contributed by atoms with Crippen LogP contribution in [-0.4, -0.2) is 75.2 Å². The van der Waals surface area contributed by atoms with Gasteiger partial charge in [-0.3, -0.25) is 4.68 Å². The lowest BCUT2D eigenvalue weighted by atomic mass is 10.0. The molecule has 228 valence electrons. The van der Waals surface area contributed by atoms with Gasteiger partial charge in [-0.05, 0) is 132 Å². The second-order valence-electron chi connectivity index (χ2n) is 11.9. The zero-order chi connectivity index (χ0) is 28.8. The van der Waals surface area contributed by atoms with Crippen molar-refractivity contribution in [1.82, 2.24) is 41.7 Å². The van der Waals surface area contributed by atoms with Gasteiger partial charge < -0.3 is 31.9 Å². The van der Waals surface area contributed by atoms with Crippen LogP contribution in [0, 0.1) is 11.8 Å². The molecule has 2 rings (SSSR count). The molecule has 8 heteroatoms. The molecule has 6 N–H and O–H groups in total. The van der Waals surface area contributed by atoms with E-state index in [0.717, 1.165) is 103 Å². The fourth-order valence-corrected chi connectivity index (χ4v) is 4.55. The summed E-state index contributed by atoms with van der Waals surface area (Å²) in [4.78, 5) is 0. The Balaban J connectivity index is 1.65. The molecule has 1 aromatic carbocycles. The molecule has 40 heavy (non-hydrogen) atoms. The summed E-state index contributed by atoms with van der Waals surface area (Å²) in [6.45, 7) is 21.5. The highest BCUT2D eigenvalue weighted by atomic mass is 15.2. The van der Waals surface area contributed by atoms with Gasteiger partial charge in [0, 0.05) is 31.9 Å². The highest BCUT2D eigenvalue weighted by Gasteiger charge is 2.06. The third kappa shape index (κ3) is 17.1. The van der Waals surface area contributed by atoms with Crippen LogP contribution in [0.5, 0.6) is 0 Å². The number of hydrogen-bond acceptors (Lipinski definition) is 7. The monoisotopic (exact) mass is 556 g/mol. The Hall–Kier alpha value is -1.81. The largest absolute Gasteiger partial charge is 0.317 e. The van der Waals surface area contributed by atoms with Crippen molar-refractivity contribution < 1.29 is 0 Å². The van der Waals surface area contributed by atoms with Crippen molar-refractivity contribution in [3.05, 3.63) is 41.7 Å². The maximum Gasteiger partial charge on any atom is 0.0568 e. The number of hydrogen-bond donors (Lipinski definition) is 6. The van der Waals surface area contributed by atoms with Crippen molar-refractivity contribution in [3.63, 3.8) is 0 Å². The average Bonchev–Trinajstić information content (AvgIpc) is 3.36. The number of aryl methyl sites for hydroxylation is 1. The van der Waals surface area contributed by atoms with E-state index in [1.54, 1.807) is 0 Å². The third-order valence-corrected chi connectivity index (χ3v) is 6.68. The zero-order valence-electron chi connectivity index (χ0n) is 26.2. The maximum absolute atomic E-state index is 4.39. The standard InChI is InChI=1S/C32H60N8/c1-27(2)21-35-14-6-10-33-12-8-16-37-23-29-18-30(20-31(19-29)32-25-39-40(5)26-32)24-38-17-9-13-34-11-7-15-36-22-28(3)4/h18-20,25-28,33-38H,6-17,21-24H2,1-5H3. The Morgan fingerprint density at radius 2 is 1.00 bits per heavy atom. The summed E-state index contributed by atoms with van der Waals surface area (Å²) < 4.78 is 1.87. The average molecular weight is 557 g/mol. The van der Waals surface area contributed by atoms with E-state index in [1.165, 1.54) is 35.1 Å². The van der Waals surface area contributed by atoms with Crippen molar-refractivity contribution in [2.45, 2.75) is 66.5 Å². The molecule has 0 radical (unpaired) electrons. The maximum atomic E-state index is 4.39. The van der Waals surface area contributed by atoms with Crippen LogP contribution in [0.4, 0.5) is 0 Å². The van der Waals surface area contributed by atoms with Crippen LogP contribution in [0.3, 0.4) is 0 Å². The van der Waals surface area contributed by atoms with Gasteiger partial charge >= 0.3 is 0 Å². The van der Waals surface area contributed by atoms with E-state index in [2.05, 4.69) is 89.1 Å². The smallest absolute Gasteiger partial charge is 0.0568 e. The van der Waals surface area contributed by atoms with Crippen molar-refractivity contribution in [2.75, 3.05) is 65.4 Å². The van der Waals surface area contributed by atoms with Gasteiger partial charge in [-0.2, -0.15) is 5.10 Å². The topological polar surface area (TPSA) is 90.0 Å². The number of aromatic nitrogens is 2. The van der Waals surface area contributed by atoms with Gasteiger partial charge in [0.2, 0.25) is 0 Å². The summed E-state index contributed by atoms with van der Waals surface area (Å²) in [6, 6.07) is 6.94. The lowest BCUT2D eigenvalue weighted by molar-refractivity contribution is 0.524. The van der Waals surface area contributed by atoms with E-state index in [9.17, 15) is 0 Å². The third-order valence-electron chi connectivity index (χ3n) is 6.68. The lowest BCUT2D eigenvalue weighted by Crippen LogP contribution is -2.26. The van der Waals surface area contributed by atoms with Crippen molar-refractivity contribution in [3.8, 4) is 11.1 Å². The predicted octanol–water partition coefficient (Wildman–Crippen LogP) is 3.50. The van der Waals surface area contributed by atoms with Crippen molar-refractivity contribution in [2.24, 2.45) is 18.9 Å². The highest BCUT2D eigenvalue weighted by Crippen LogP contribution is 2.22. The molecule has 1 aromatic heterocycles. The van der Waals surface area contributed by atoms with Gasteiger partial charge in [-0.1, -0.05) is 33.8 Å². The highest BCUT2D eigenvalue weighted by molar-refractivity contribution is 5.63. The molecular weight excluding hydrogens is 496 g/mol. The fourth-order valence-electron chi connectivity index (χ4n) is 4.55. The molecule has 0 saturated carbocycles. The van der Waals surface area contributed by atoms with Crippen LogP contribution < -0.4 is 31.9 Å². The molecular formula is C32H60N8. The number of rotatable bonds is 25. The minimum absolute atomic E-state index is 0.723. The molecule has 0 fully saturated rings. The van der Waals surface area contributed by atoms with E-state index in [0.29, 0.717) is 0 Å². The summed E-state index contributed by atoms with van der Waals surface area (Å²) in [5, 5.41) is 25.8. The Bertz CT molecular complexity index is 831. The Kier molecular flexibility index (Phi) is 18.8. The van der Waals surface area contributed by atoms with Gasteiger partial charge in [0.1, 0.15) is 0 Å². The van der Waals surface area contributed by atoms with Gasteiger partial charge in [0.05, 0.1) is 6.20 Å². The minimum Gasteiger partial charge on any atom is -0.317 e. The zero-order valence-corrected chi connectivity index (χ0v) is 26.2. The van der Waals surface area contributed by atoms with Crippen LogP contribution >= 0.6 is 0 Å². The first-order valence-corrected chi connectivity index (χ1v) is 15.8. The van der Waals surface area contributed by atoms with Gasteiger partial charge in [0.15, 0.2) is 0 Å². The first kappa shape index (κ1) is 34.4. The second kappa shape index (κ2) is 21.9. The van der Waals surface area contributed by atoms with E-state index in [4.69, 9.17) is 0 Å². The molecule has 0 atom stereocenters. The van der Waals surface area contributed by atoms with Crippen LogP contribution in [0.1, 0.15) is 64.5 Å². The summed E-state index contributed by atoms with van der Waals surface area (Å²) in [6.07, 6.45) is 8.70. The first-order valence-electron chi connectivity index (χ1n) is 15.8. The normalized spacial score (nSPS) is 11.8. The molecule has 8 nitrogen and oxygen atoms in total. The first-order chi connectivity index (χ1) is 19.4. The van der Waals surface area contributed by atoms with Crippen LogP contribution in [-0.2, 0) is 20.1 Å². The van der Waals surface area contributed by atoms with E-state index in [-0.39, 0.29) is 0 Å².